The van der Waals surface area contributed by atoms with Crippen LogP contribution in [0.25, 0.3) is 17.0 Å². The molecule has 0 spiro atoms. The van der Waals surface area contributed by atoms with E-state index >= 15 is 0 Å². The van der Waals surface area contributed by atoms with Gasteiger partial charge in [0.25, 0.3) is 0 Å². The Morgan fingerprint density at radius 1 is 1.53 bits per heavy atom. The van der Waals surface area contributed by atoms with Gasteiger partial charge in [0.05, 0.1) is 24.7 Å². The highest BCUT2D eigenvalue weighted by molar-refractivity contribution is 5.83. The van der Waals surface area contributed by atoms with Crippen molar-refractivity contribution in [3.05, 3.63) is 35.5 Å². The molecule has 1 heterocycles. The largest absolute Gasteiger partial charge is 0.469 e. The van der Waals surface area contributed by atoms with Crippen molar-refractivity contribution in [3.8, 4) is 0 Å². The van der Waals surface area contributed by atoms with E-state index in [0.29, 0.717) is 0 Å². The van der Waals surface area contributed by atoms with Crippen molar-refractivity contribution in [1.29, 1.82) is 0 Å². The standard InChI is InChI=1S/C13H14N2O2/c1-9-11-7-6-10(8-12(11)15-14-9)4-3-5-13(16)17-2/h3-4,6-8H,5H2,1-2H3,(H,14,15). The molecule has 0 unspecified atom stereocenters. The Morgan fingerprint density at radius 3 is 3.12 bits per heavy atom. The van der Waals surface area contributed by atoms with E-state index < -0.39 is 0 Å². The monoisotopic (exact) mass is 230 g/mol. The van der Waals surface area contributed by atoms with E-state index in [4.69, 9.17) is 0 Å². The van der Waals surface area contributed by atoms with Crippen LogP contribution in [0.4, 0.5) is 0 Å². The Hall–Kier alpha value is -2.10. The van der Waals surface area contributed by atoms with E-state index in [-0.39, 0.29) is 12.4 Å². The lowest BCUT2D eigenvalue weighted by atomic mass is 10.1. The van der Waals surface area contributed by atoms with Gasteiger partial charge in [0.1, 0.15) is 0 Å². The lowest BCUT2D eigenvalue weighted by Crippen LogP contribution is -1.96. The van der Waals surface area contributed by atoms with Gasteiger partial charge in [-0.2, -0.15) is 5.10 Å². The molecule has 0 atom stereocenters. The zero-order valence-corrected chi connectivity index (χ0v) is 9.86. The number of aryl methyl sites for hydroxylation is 1. The van der Waals surface area contributed by atoms with E-state index in [0.717, 1.165) is 22.2 Å². The van der Waals surface area contributed by atoms with Crippen LogP contribution in [0.15, 0.2) is 24.3 Å². The average Bonchev–Trinajstić information content (AvgIpc) is 2.70. The van der Waals surface area contributed by atoms with Gasteiger partial charge in [0.15, 0.2) is 0 Å². The molecule has 0 amide bonds. The zero-order valence-electron chi connectivity index (χ0n) is 9.86. The molecule has 1 N–H and O–H groups in total. The summed E-state index contributed by atoms with van der Waals surface area (Å²) in [7, 11) is 1.38. The molecule has 1 aromatic heterocycles. The molecular weight excluding hydrogens is 216 g/mol. The number of nitrogens with one attached hydrogen (secondary N) is 1. The second-order valence-corrected chi connectivity index (χ2v) is 3.80. The van der Waals surface area contributed by atoms with Crippen molar-refractivity contribution in [2.24, 2.45) is 0 Å². The number of esters is 1. The molecule has 0 saturated carbocycles. The minimum absolute atomic E-state index is 0.236. The number of H-pyrrole nitrogens is 1. The third-order valence-electron chi connectivity index (χ3n) is 2.60. The molecule has 1 aromatic carbocycles. The van der Waals surface area contributed by atoms with Gasteiger partial charge in [-0.15, -0.1) is 0 Å². The molecular formula is C13H14N2O2. The predicted molar refractivity (Wildman–Crippen MR) is 66.5 cm³/mol. The van der Waals surface area contributed by atoms with Gasteiger partial charge >= 0.3 is 5.97 Å². The van der Waals surface area contributed by atoms with Crippen LogP contribution < -0.4 is 0 Å². The number of hydrogen-bond donors (Lipinski definition) is 1. The van der Waals surface area contributed by atoms with Crippen molar-refractivity contribution in [2.75, 3.05) is 7.11 Å². The van der Waals surface area contributed by atoms with Crippen LogP contribution in [-0.4, -0.2) is 23.3 Å². The number of benzene rings is 1. The fourth-order valence-corrected chi connectivity index (χ4v) is 1.65. The smallest absolute Gasteiger partial charge is 0.309 e. The first-order chi connectivity index (χ1) is 8.20. The molecule has 0 saturated heterocycles. The number of carbonyl (C=O) groups is 1. The number of rotatable bonds is 3. The van der Waals surface area contributed by atoms with E-state index in [1.54, 1.807) is 6.08 Å². The summed E-state index contributed by atoms with van der Waals surface area (Å²) in [5.41, 5.74) is 3.03. The van der Waals surface area contributed by atoms with Crippen molar-refractivity contribution >= 4 is 22.9 Å². The first kappa shape index (κ1) is 11.4. The molecule has 4 nitrogen and oxygen atoms in total. The summed E-state index contributed by atoms with van der Waals surface area (Å²) in [5.74, 6) is -0.236. The molecule has 0 bridgehead atoms. The highest BCUT2D eigenvalue weighted by Crippen LogP contribution is 2.17. The molecule has 2 aromatic rings. The third-order valence-corrected chi connectivity index (χ3v) is 2.60. The lowest BCUT2D eigenvalue weighted by Gasteiger charge is -1.95. The topological polar surface area (TPSA) is 55.0 Å². The Balaban J connectivity index is 2.17. The number of methoxy groups -OCH3 is 1. The van der Waals surface area contributed by atoms with Gasteiger partial charge in [-0.1, -0.05) is 24.3 Å². The minimum Gasteiger partial charge on any atom is -0.469 e. The molecule has 17 heavy (non-hydrogen) atoms. The molecule has 0 radical (unpaired) electrons. The zero-order chi connectivity index (χ0) is 12.3. The maximum absolute atomic E-state index is 10.9. The number of hydrogen-bond acceptors (Lipinski definition) is 3. The summed E-state index contributed by atoms with van der Waals surface area (Å²) in [4.78, 5) is 10.9. The van der Waals surface area contributed by atoms with Crippen LogP contribution in [0.1, 0.15) is 17.7 Å². The van der Waals surface area contributed by atoms with Crippen molar-refractivity contribution < 1.29 is 9.53 Å². The highest BCUT2D eigenvalue weighted by Gasteiger charge is 2.00. The number of ether oxygens (including phenoxy) is 1. The maximum atomic E-state index is 10.9. The van der Waals surface area contributed by atoms with Gasteiger partial charge in [-0.05, 0) is 18.6 Å². The van der Waals surface area contributed by atoms with Gasteiger partial charge in [0.2, 0.25) is 0 Å². The normalized spacial score (nSPS) is 11.2. The van der Waals surface area contributed by atoms with E-state index in [2.05, 4.69) is 14.9 Å². The quantitative estimate of drug-likeness (QED) is 0.824. The molecule has 88 valence electrons. The number of fused-ring (bicyclic) bond motifs is 1. The first-order valence-electron chi connectivity index (χ1n) is 5.39. The Kier molecular flexibility index (Phi) is 3.23. The second kappa shape index (κ2) is 4.82. The number of aromatic nitrogens is 2. The molecule has 0 aliphatic carbocycles. The van der Waals surface area contributed by atoms with Crippen molar-refractivity contribution in [2.45, 2.75) is 13.3 Å². The summed E-state index contributed by atoms with van der Waals surface area (Å²) < 4.78 is 4.56. The lowest BCUT2D eigenvalue weighted by molar-refractivity contribution is -0.139. The average molecular weight is 230 g/mol. The molecule has 4 heteroatoms. The predicted octanol–water partition coefficient (Wildman–Crippen LogP) is 2.45. The summed E-state index contributed by atoms with van der Waals surface area (Å²) >= 11 is 0. The number of aromatic amines is 1. The first-order valence-corrected chi connectivity index (χ1v) is 5.39. The van der Waals surface area contributed by atoms with Gasteiger partial charge in [-0.3, -0.25) is 9.89 Å². The van der Waals surface area contributed by atoms with Gasteiger partial charge in [-0.25, -0.2) is 0 Å². The van der Waals surface area contributed by atoms with E-state index in [1.807, 2.05) is 31.2 Å². The Morgan fingerprint density at radius 2 is 2.35 bits per heavy atom. The van der Waals surface area contributed by atoms with E-state index in [9.17, 15) is 4.79 Å². The summed E-state index contributed by atoms with van der Waals surface area (Å²) in [5, 5.41) is 8.22. The molecule has 2 rings (SSSR count). The Labute approximate surface area is 99.3 Å². The van der Waals surface area contributed by atoms with Crippen LogP contribution in [0.5, 0.6) is 0 Å². The molecule has 0 aliphatic rings. The summed E-state index contributed by atoms with van der Waals surface area (Å²) in [6, 6.07) is 6.02. The SMILES string of the molecule is COC(=O)CC=Cc1ccc2c(C)n[nH]c2c1. The van der Waals surface area contributed by atoms with Crippen LogP contribution in [-0.2, 0) is 9.53 Å². The van der Waals surface area contributed by atoms with Crippen LogP contribution in [0.2, 0.25) is 0 Å². The number of nitrogens with zero attached hydrogens (tertiary/aromatic N) is 1. The van der Waals surface area contributed by atoms with Crippen LogP contribution >= 0.6 is 0 Å². The highest BCUT2D eigenvalue weighted by atomic mass is 16.5. The fourth-order valence-electron chi connectivity index (χ4n) is 1.65. The minimum atomic E-state index is -0.236. The van der Waals surface area contributed by atoms with Gasteiger partial charge in [0, 0.05) is 5.39 Å². The van der Waals surface area contributed by atoms with Crippen LogP contribution in [0, 0.1) is 6.92 Å². The van der Waals surface area contributed by atoms with Crippen molar-refractivity contribution in [1.82, 2.24) is 10.2 Å². The second-order valence-electron chi connectivity index (χ2n) is 3.80. The number of carbonyl (C=O) groups excluding carboxylic acids is 1. The van der Waals surface area contributed by atoms with E-state index in [1.165, 1.54) is 7.11 Å². The Bertz CT molecular complexity index is 570. The third kappa shape index (κ3) is 2.53. The molecule has 0 aliphatic heterocycles. The van der Waals surface area contributed by atoms with Crippen LogP contribution in [0.3, 0.4) is 0 Å². The summed E-state index contributed by atoms with van der Waals surface area (Å²) in [6.45, 7) is 1.96. The maximum Gasteiger partial charge on any atom is 0.309 e. The van der Waals surface area contributed by atoms with Gasteiger partial charge < -0.3 is 4.74 Å². The fraction of sp³-hybridized carbons (Fsp3) is 0.231. The molecule has 0 fully saturated rings. The van der Waals surface area contributed by atoms with Crippen molar-refractivity contribution in [3.63, 3.8) is 0 Å². The summed E-state index contributed by atoms with van der Waals surface area (Å²) in [6.07, 6.45) is 3.97.